The summed E-state index contributed by atoms with van der Waals surface area (Å²) in [6.07, 6.45) is -4.41. The van der Waals surface area contributed by atoms with Gasteiger partial charge in [-0.15, -0.1) is 11.3 Å². The highest BCUT2D eigenvalue weighted by Crippen LogP contribution is 2.37. The number of hydrogen-bond acceptors (Lipinski definition) is 1. The molecule has 5 heteroatoms. The Balaban J connectivity index is 2.52. The molecular weight excluding hydrogens is 257 g/mol. The summed E-state index contributed by atoms with van der Waals surface area (Å²) in [4.78, 5) is 0.794. The van der Waals surface area contributed by atoms with Gasteiger partial charge in [-0.2, -0.15) is 13.2 Å². The number of halogens is 4. The third kappa shape index (κ3) is 2.23. The van der Waals surface area contributed by atoms with Crippen LogP contribution >= 0.6 is 22.9 Å². The molecule has 0 amide bonds. The summed E-state index contributed by atoms with van der Waals surface area (Å²) in [5.74, 6) is 0. The predicted molar refractivity (Wildman–Crippen MR) is 59.8 cm³/mol. The first-order valence-corrected chi connectivity index (χ1v) is 5.65. The van der Waals surface area contributed by atoms with Crippen molar-refractivity contribution in [3.8, 4) is 10.4 Å². The van der Waals surface area contributed by atoms with Crippen molar-refractivity contribution >= 4 is 22.9 Å². The predicted octanol–water partition coefficient (Wildman–Crippen LogP) is 5.09. The van der Waals surface area contributed by atoms with E-state index in [9.17, 15) is 13.2 Å². The first-order chi connectivity index (χ1) is 7.48. The first-order valence-electron chi connectivity index (χ1n) is 4.39. The van der Waals surface area contributed by atoms with Crippen molar-refractivity contribution in [2.24, 2.45) is 0 Å². The quantitative estimate of drug-likeness (QED) is 0.672. The Kier molecular flexibility index (Phi) is 2.95. The van der Waals surface area contributed by atoms with Crippen molar-refractivity contribution in [2.75, 3.05) is 0 Å². The lowest BCUT2D eigenvalue weighted by Gasteiger charge is -2.10. The molecule has 0 aliphatic carbocycles. The molecule has 0 bridgehead atoms. The molecule has 2 rings (SSSR count). The molecule has 0 saturated carbocycles. The highest BCUT2D eigenvalue weighted by atomic mass is 35.5. The van der Waals surface area contributed by atoms with Gasteiger partial charge in [0.1, 0.15) is 0 Å². The normalized spacial score (nSPS) is 11.8. The second-order valence-electron chi connectivity index (χ2n) is 3.17. The molecule has 84 valence electrons. The summed E-state index contributed by atoms with van der Waals surface area (Å²) < 4.78 is 37.8. The van der Waals surface area contributed by atoms with Crippen LogP contribution < -0.4 is 0 Å². The number of benzene rings is 1. The van der Waals surface area contributed by atoms with Crippen LogP contribution in [0.15, 0.2) is 35.7 Å². The van der Waals surface area contributed by atoms with Gasteiger partial charge in [-0.05, 0) is 29.1 Å². The van der Waals surface area contributed by atoms with E-state index >= 15 is 0 Å². The van der Waals surface area contributed by atoms with Crippen molar-refractivity contribution in [1.29, 1.82) is 0 Å². The van der Waals surface area contributed by atoms with E-state index in [2.05, 4.69) is 0 Å². The first kappa shape index (κ1) is 11.5. The fraction of sp³-hybridized carbons (Fsp3) is 0.0909. The maximum atomic E-state index is 12.6. The van der Waals surface area contributed by atoms with Crippen molar-refractivity contribution < 1.29 is 13.2 Å². The van der Waals surface area contributed by atoms with Gasteiger partial charge in [0.05, 0.1) is 10.6 Å². The summed E-state index contributed by atoms with van der Waals surface area (Å²) in [5.41, 5.74) is -0.258. The molecule has 1 aromatic carbocycles. The lowest BCUT2D eigenvalue weighted by Crippen LogP contribution is -2.05. The lowest BCUT2D eigenvalue weighted by atomic mass is 10.1. The molecule has 0 radical (unpaired) electrons. The second kappa shape index (κ2) is 4.11. The van der Waals surface area contributed by atoms with Crippen molar-refractivity contribution in [3.63, 3.8) is 0 Å². The zero-order valence-corrected chi connectivity index (χ0v) is 9.46. The molecule has 0 unspecified atom stereocenters. The molecule has 0 aliphatic heterocycles. The molecule has 0 N–H and O–H groups in total. The van der Waals surface area contributed by atoms with E-state index in [0.29, 0.717) is 5.56 Å². The molecular formula is C11H6ClF3S. The lowest BCUT2D eigenvalue weighted by molar-refractivity contribution is -0.137. The molecule has 16 heavy (non-hydrogen) atoms. The molecule has 0 aliphatic rings. The van der Waals surface area contributed by atoms with Crippen LogP contribution in [0.3, 0.4) is 0 Å². The maximum absolute atomic E-state index is 12.6. The van der Waals surface area contributed by atoms with Crippen LogP contribution in [-0.2, 0) is 6.18 Å². The van der Waals surface area contributed by atoms with Gasteiger partial charge < -0.3 is 0 Å². The van der Waals surface area contributed by atoms with Crippen molar-refractivity contribution in [3.05, 3.63) is 46.3 Å². The highest BCUT2D eigenvalue weighted by Gasteiger charge is 2.33. The molecule has 0 fully saturated rings. The van der Waals surface area contributed by atoms with Crippen molar-refractivity contribution in [2.45, 2.75) is 6.18 Å². The van der Waals surface area contributed by atoms with E-state index in [1.165, 1.54) is 17.4 Å². The van der Waals surface area contributed by atoms with Gasteiger partial charge >= 0.3 is 6.18 Å². The maximum Gasteiger partial charge on any atom is 0.417 e. The number of alkyl halides is 3. The van der Waals surface area contributed by atoms with Crippen LogP contribution in [0.25, 0.3) is 10.4 Å². The van der Waals surface area contributed by atoms with Gasteiger partial charge in [-0.25, -0.2) is 0 Å². The van der Waals surface area contributed by atoms with Crippen LogP contribution in [-0.4, -0.2) is 0 Å². The Morgan fingerprint density at radius 3 is 2.44 bits per heavy atom. The van der Waals surface area contributed by atoms with Gasteiger partial charge in [-0.3, -0.25) is 0 Å². The van der Waals surface area contributed by atoms with Crippen LogP contribution in [0.1, 0.15) is 5.56 Å². The monoisotopic (exact) mass is 262 g/mol. The van der Waals surface area contributed by atoms with Crippen LogP contribution in [0.5, 0.6) is 0 Å². The zero-order chi connectivity index (χ0) is 11.8. The Bertz CT molecular complexity index is 488. The summed E-state index contributed by atoms with van der Waals surface area (Å²) >= 11 is 6.92. The van der Waals surface area contributed by atoms with Crippen LogP contribution in [0, 0.1) is 0 Å². The molecule has 1 aromatic heterocycles. The van der Waals surface area contributed by atoms with E-state index in [1.807, 2.05) is 5.38 Å². The average molecular weight is 263 g/mol. The molecule has 1 heterocycles. The number of hydrogen-bond donors (Lipinski definition) is 0. The van der Waals surface area contributed by atoms with Gasteiger partial charge in [0.2, 0.25) is 0 Å². The summed E-state index contributed by atoms with van der Waals surface area (Å²) in [6, 6.07) is 7.51. The molecule has 0 nitrogen and oxygen atoms in total. The fourth-order valence-corrected chi connectivity index (χ4v) is 2.29. The van der Waals surface area contributed by atoms with Crippen LogP contribution in [0.4, 0.5) is 13.2 Å². The van der Waals surface area contributed by atoms with E-state index in [0.717, 1.165) is 10.9 Å². The third-order valence-electron chi connectivity index (χ3n) is 2.08. The van der Waals surface area contributed by atoms with E-state index < -0.39 is 11.7 Å². The van der Waals surface area contributed by atoms with Gasteiger partial charge in [0.25, 0.3) is 0 Å². The van der Waals surface area contributed by atoms with Gasteiger partial charge in [-0.1, -0.05) is 23.7 Å². The zero-order valence-electron chi connectivity index (χ0n) is 7.88. The smallest absolute Gasteiger partial charge is 0.166 e. The summed E-state index contributed by atoms with van der Waals surface area (Å²) in [6.45, 7) is 0. The average Bonchev–Trinajstić information content (AvgIpc) is 2.69. The summed E-state index contributed by atoms with van der Waals surface area (Å²) in [5, 5.41) is 1.55. The van der Waals surface area contributed by atoms with Gasteiger partial charge in [0, 0.05) is 4.88 Å². The van der Waals surface area contributed by atoms with Crippen LogP contribution in [0.2, 0.25) is 5.02 Å². The summed E-state index contributed by atoms with van der Waals surface area (Å²) in [7, 11) is 0. The minimum Gasteiger partial charge on any atom is -0.166 e. The van der Waals surface area contributed by atoms with E-state index in [1.54, 1.807) is 18.2 Å². The number of rotatable bonds is 1. The highest BCUT2D eigenvalue weighted by molar-refractivity contribution is 7.13. The van der Waals surface area contributed by atoms with E-state index in [4.69, 9.17) is 11.6 Å². The Hall–Kier alpha value is -1.00. The Morgan fingerprint density at radius 1 is 1.12 bits per heavy atom. The molecule has 2 aromatic rings. The van der Waals surface area contributed by atoms with Crippen molar-refractivity contribution in [1.82, 2.24) is 0 Å². The standard InChI is InChI=1S/C11H6ClF3S/c12-9-4-3-7(10-2-1-5-16-10)6-8(9)11(13,14)15/h1-6H. The molecule has 0 spiro atoms. The largest absolute Gasteiger partial charge is 0.417 e. The topological polar surface area (TPSA) is 0 Å². The van der Waals surface area contributed by atoms with Gasteiger partial charge in [0.15, 0.2) is 0 Å². The molecule has 0 saturated heterocycles. The second-order valence-corrected chi connectivity index (χ2v) is 4.52. The fourth-order valence-electron chi connectivity index (χ4n) is 1.34. The SMILES string of the molecule is FC(F)(F)c1cc(-c2cccs2)ccc1Cl. The Morgan fingerprint density at radius 2 is 1.88 bits per heavy atom. The number of thiophene rings is 1. The third-order valence-corrected chi connectivity index (χ3v) is 3.33. The minimum absolute atomic E-state index is 0.271. The van der Waals surface area contributed by atoms with E-state index in [-0.39, 0.29) is 5.02 Å². The minimum atomic E-state index is -4.41. The Labute approximate surface area is 99.3 Å². The molecule has 0 atom stereocenters.